The fourth-order valence-electron chi connectivity index (χ4n) is 0.406. The SMILES string of the molecule is C=CCN(CN)CN. The lowest BCUT2D eigenvalue weighted by atomic mass is 10.5. The summed E-state index contributed by atoms with van der Waals surface area (Å²) in [5.41, 5.74) is 10.5. The summed E-state index contributed by atoms with van der Waals surface area (Å²) in [6.45, 7) is 5.32. The van der Waals surface area contributed by atoms with Crippen LogP contribution in [0.2, 0.25) is 0 Å². The van der Waals surface area contributed by atoms with Gasteiger partial charge in [0.05, 0.1) is 0 Å². The molecule has 0 saturated carbocycles. The lowest BCUT2D eigenvalue weighted by Gasteiger charge is -2.13. The molecule has 0 aliphatic heterocycles. The molecule has 0 aliphatic carbocycles. The summed E-state index contributed by atoms with van der Waals surface area (Å²) in [6, 6.07) is 0. The summed E-state index contributed by atoms with van der Waals surface area (Å²) in [6.07, 6.45) is 1.78. The summed E-state index contributed by atoms with van der Waals surface area (Å²) in [5, 5.41) is 0. The molecule has 0 aromatic carbocycles. The fourth-order valence-corrected chi connectivity index (χ4v) is 0.406. The van der Waals surface area contributed by atoms with Crippen molar-refractivity contribution in [2.24, 2.45) is 11.5 Å². The van der Waals surface area contributed by atoms with Gasteiger partial charge in [0.1, 0.15) is 0 Å². The Kier molecular flexibility index (Phi) is 4.54. The molecule has 0 fully saturated rings. The Bertz CT molecular complexity index is 58.7. The van der Waals surface area contributed by atoms with Crippen LogP contribution in [-0.2, 0) is 0 Å². The zero-order valence-corrected chi connectivity index (χ0v) is 5.01. The Morgan fingerprint density at radius 2 is 1.88 bits per heavy atom. The summed E-state index contributed by atoms with van der Waals surface area (Å²) < 4.78 is 0. The van der Waals surface area contributed by atoms with Crippen LogP contribution in [0, 0.1) is 0 Å². The van der Waals surface area contributed by atoms with Gasteiger partial charge in [0.25, 0.3) is 0 Å². The van der Waals surface area contributed by atoms with Gasteiger partial charge in [-0.25, -0.2) is 0 Å². The van der Waals surface area contributed by atoms with Crippen molar-refractivity contribution in [1.82, 2.24) is 4.90 Å². The maximum atomic E-state index is 5.27. The number of hydrogen-bond acceptors (Lipinski definition) is 3. The lowest BCUT2D eigenvalue weighted by Crippen LogP contribution is -2.34. The average molecular weight is 115 g/mol. The Morgan fingerprint density at radius 3 is 2.00 bits per heavy atom. The second-order valence-corrected chi connectivity index (χ2v) is 1.51. The van der Waals surface area contributed by atoms with Crippen molar-refractivity contribution in [2.75, 3.05) is 19.9 Å². The molecule has 0 rings (SSSR count). The summed E-state index contributed by atoms with van der Waals surface area (Å²) in [7, 11) is 0. The van der Waals surface area contributed by atoms with E-state index in [1.165, 1.54) is 0 Å². The van der Waals surface area contributed by atoms with E-state index in [1.807, 2.05) is 4.90 Å². The fraction of sp³-hybridized carbons (Fsp3) is 0.600. The molecular formula is C5H13N3. The van der Waals surface area contributed by atoms with Crippen LogP contribution in [0.25, 0.3) is 0 Å². The van der Waals surface area contributed by atoms with Gasteiger partial charge in [0.2, 0.25) is 0 Å². The number of hydrogen-bond donors (Lipinski definition) is 2. The third-order valence-electron chi connectivity index (χ3n) is 0.904. The van der Waals surface area contributed by atoms with Crippen LogP contribution in [0.1, 0.15) is 0 Å². The molecule has 0 heterocycles. The predicted octanol–water partition coefficient (Wildman–Crippen LogP) is -0.693. The minimum atomic E-state index is 0.502. The van der Waals surface area contributed by atoms with Crippen molar-refractivity contribution in [3.05, 3.63) is 12.7 Å². The number of nitrogens with two attached hydrogens (primary N) is 2. The molecule has 4 N–H and O–H groups in total. The van der Waals surface area contributed by atoms with Gasteiger partial charge in [-0.1, -0.05) is 6.08 Å². The van der Waals surface area contributed by atoms with Crippen molar-refractivity contribution in [1.29, 1.82) is 0 Å². The first-order chi connectivity index (χ1) is 3.85. The van der Waals surface area contributed by atoms with Crippen molar-refractivity contribution in [2.45, 2.75) is 0 Å². The van der Waals surface area contributed by atoms with Crippen molar-refractivity contribution < 1.29 is 0 Å². The van der Waals surface area contributed by atoms with E-state index in [0.717, 1.165) is 6.54 Å². The van der Waals surface area contributed by atoms with Crippen LogP contribution >= 0.6 is 0 Å². The molecule has 3 nitrogen and oxygen atoms in total. The molecule has 0 spiro atoms. The molecule has 0 radical (unpaired) electrons. The maximum Gasteiger partial charge on any atom is 0.0470 e. The molecule has 0 saturated heterocycles. The maximum absolute atomic E-state index is 5.27. The van der Waals surface area contributed by atoms with Gasteiger partial charge in [0.15, 0.2) is 0 Å². The van der Waals surface area contributed by atoms with E-state index in [1.54, 1.807) is 6.08 Å². The molecule has 3 heteroatoms. The first-order valence-electron chi connectivity index (χ1n) is 2.58. The lowest BCUT2D eigenvalue weighted by molar-refractivity contribution is 0.321. The molecule has 0 aromatic rings. The molecule has 0 bridgehead atoms. The van der Waals surface area contributed by atoms with Gasteiger partial charge in [0, 0.05) is 19.9 Å². The summed E-state index contributed by atoms with van der Waals surface area (Å²) in [4.78, 5) is 1.87. The standard InChI is InChI=1S/C5H13N3/c1-2-3-8(4-6)5-7/h2H,1,3-7H2. The summed E-state index contributed by atoms with van der Waals surface area (Å²) >= 11 is 0. The number of rotatable bonds is 4. The van der Waals surface area contributed by atoms with E-state index in [-0.39, 0.29) is 0 Å². The zero-order valence-electron chi connectivity index (χ0n) is 5.01. The average Bonchev–Trinajstić information content (AvgIpc) is 1.83. The third kappa shape index (κ3) is 2.74. The molecule has 0 aliphatic rings. The highest BCUT2D eigenvalue weighted by Crippen LogP contribution is 1.77. The Morgan fingerprint density at radius 1 is 1.38 bits per heavy atom. The van der Waals surface area contributed by atoms with Crippen LogP contribution < -0.4 is 11.5 Å². The predicted molar refractivity (Wildman–Crippen MR) is 35.0 cm³/mol. The van der Waals surface area contributed by atoms with Gasteiger partial charge in [-0.3, -0.25) is 4.90 Å². The first-order valence-corrected chi connectivity index (χ1v) is 2.58. The van der Waals surface area contributed by atoms with Crippen molar-refractivity contribution >= 4 is 0 Å². The van der Waals surface area contributed by atoms with Crippen LogP contribution in [-0.4, -0.2) is 24.8 Å². The monoisotopic (exact) mass is 115 g/mol. The highest BCUT2D eigenvalue weighted by Gasteiger charge is 1.91. The van der Waals surface area contributed by atoms with Gasteiger partial charge in [-0.2, -0.15) is 0 Å². The van der Waals surface area contributed by atoms with E-state index in [2.05, 4.69) is 6.58 Å². The van der Waals surface area contributed by atoms with Crippen LogP contribution in [0.5, 0.6) is 0 Å². The van der Waals surface area contributed by atoms with E-state index in [0.29, 0.717) is 13.3 Å². The highest BCUT2D eigenvalue weighted by atomic mass is 15.2. The largest absolute Gasteiger partial charge is 0.318 e. The normalized spacial score (nSPS) is 9.88. The van der Waals surface area contributed by atoms with Crippen LogP contribution in [0.15, 0.2) is 12.7 Å². The van der Waals surface area contributed by atoms with E-state index >= 15 is 0 Å². The zero-order chi connectivity index (χ0) is 6.41. The minimum Gasteiger partial charge on any atom is -0.318 e. The Labute approximate surface area is 49.9 Å². The smallest absolute Gasteiger partial charge is 0.0470 e. The van der Waals surface area contributed by atoms with Gasteiger partial charge in [-0.05, 0) is 0 Å². The van der Waals surface area contributed by atoms with E-state index < -0.39 is 0 Å². The molecule has 0 amide bonds. The first kappa shape index (κ1) is 7.62. The highest BCUT2D eigenvalue weighted by molar-refractivity contribution is 4.70. The molecule has 48 valence electrons. The minimum absolute atomic E-state index is 0.502. The van der Waals surface area contributed by atoms with Gasteiger partial charge >= 0.3 is 0 Å². The molecule has 0 atom stereocenters. The molecular weight excluding hydrogens is 102 g/mol. The Balaban J connectivity index is 3.20. The quantitative estimate of drug-likeness (QED) is 0.376. The summed E-state index contributed by atoms with van der Waals surface area (Å²) in [5.74, 6) is 0. The van der Waals surface area contributed by atoms with Gasteiger partial charge in [-0.15, -0.1) is 6.58 Å². The second-order valence-electron chi connectivity index (χ2n) is 1.51. The molecule has 8 heavy (non-hydrogen) atoms. The van der Waals surface area contributed by atoms with Crippen molar-refractivity contribution in [3.8, 4) is 0 Å². The van der Waals surface area contributed by atoms with Gasteiger partial charge < -0.3 is 11.5 Å². The van der Waals surface area contributed by atoms with Crippen LogP contribution in [0.3, 0.4) is 0 Å². The van der Waals surface area contributed by atoms with Crippen LogP contribution in [0.4, 0.5) is 0 Å². The third-order valence-corrected chi connectivity index (χ3v) is 0.904. The Hall–Kier alpha value is -0.380. The van der Waals surface area contributed by atoms with Crippen molar-refractivity contribution in [3.63, 3.8) is 0 Å². The second kappa shape index (κ2) is 4.77. The molecule has 0 unspecified atom stereocenters. The van der Waals surface area contributed by atoms with E-state index in [9.17, 15) is 0 Å². The van der Waals surface area contributed by atoms with E-state index in [4.69, 9.17) is 11.5 Å². The topological polar surface area (TPSA) is 55.3 Å². The molecule has 0 aromatic heterocycles. The number of nitrogens with zero attached hydrogens (tertiary/aromatic N) is 1.